The number of hydrogen-bond acceptors (Lipinski definition) is 4. The molecule has 1 saturated carbocycles. The van der Waals surface area contributed by atoms with E-state index in [-0.39, 0.29) is 41.5 Å². The molecule has 3 amide bonds. The van der Waals surface area contributed by atoms with E-state index < -0.39 is 11.7 Å². The Morgan fingerprint density at radius 2 is 1.77 bits per heavy atom. The Bertz CT molecular complexity index is 689. The second kappa shape index (κ2) is 8.16. The first-order valence-electron chi connectivity index (χ1n) is 8.66. The number of carbonyl (C=O) groups is 3. The van der Waals surface area contributed by atoms with Crippen LogP contribution in [0.3, 0.4) is 0 Å². The second-order valence-corrected chi connectivity index (χ2v) is 7.53. The molecule has 8 heteroatoms. The molecule has 2 atom stereocenters. The SMILES string of the molecule is O=C(CCN1C(=O)C2CCCCC2C1=O)Nc1ccccc1SC(F)F. The average molecular weight is 382 g/mol. The van der Waals surface area contributed by atoms with E-state index in [1.54, 1.807) is 18.2 Å². The number of thioether (sulfide) groups is 1. The first-order valence-corrected chi connectivity index (χ1v) is 9.54. The molecular weight excluding hydrogens is 362 g/mol. The third-order valence-corrected chi connectivity index (χ3v) is 5.66. The van der Waals surface area contributed by atoms with Crippen LogP contribution in [0.4, 0.5) is 14.5 Å². The molecule has 1 aliphatic carbocycles. The van der Waals surface area contributed by atoms with Crippen LogP contribution in [-0.4, -0.2) is 34.9 Å². The van der Waals surface area contributed by atoms with Crippen molar-refractivity contribution in [3.05, 3.63) is 24.3 Å². The molecule has 0 radical (unpaired) electrons. The fourth-order valence-corrected chi connectivity index (χ4v) is 4.24. The molecular formula is C18H20F2N2O3S. The van der Waals surface area contributed by atoms with E-state index in [1.165, 1.54) is 11.0 Å². The number of alkyl halides is 2. The highest BCUT2D eigenvalue weighted by Gasteiger charge is 2.47. The van der Waals surface area contributed by atoms with Gasteiger partial charge in [0, 0.05) is 17.9 Å². The summed E-state index contributed by atoms with van der Waals surface area (Å²) in [5, 5.41) is 2.59. The standard InChI is InChI=1S/C18H20F2N2O3S/c19-18(20)26-14-8-4-3-7-13(14)21-15(23)9-10-22-16(24)11-5-1-2-6-12(11)17(22)25/h3-4,7-8,11-12,18H,1-2,5-6,9-10H2,(H,21,23). The molecule has 3 rings (SSSR count). The van der Waals surface area contributed by atoms with Gasteiger partial charge in [-0.1, -0.05) is 36.7 Å². The lowest BCUT2D eigenvalue weighted by Crippen LogP contribution is -2.34. The predicted molar refractivity (Wildman–Crippen MR) is 93.7 cm³/mol. The number of benzene rings is 1. The van der Waals surface area contributed by atoms with Gasteiger partial charge in [0.15, 0.2) is 0 Å². The normalized spacial score (nSPS) is 22.7. The molecule has 1 aromatic rings. The molecule has 140 valence electrons. The predicted octanol–water partition coefficient (Wildman–Crippen LogP) is 3.51. The van der Waals surface area contributed by atoms with E-state index >= 15 is 0 Å². The highest BCUT2D eigenvalue weighted by atomic mass is 32.2. The van der Waals surface area contributed by atoms with Crippen LogP contribution in [-0.2, 0) is 14.4 Å². The van der Waals surface area contributed by atoms with Gasteiger partial charge >= 0.3 is 0 Å². The topological polar surface area (TPSA) is 66.5 Å². The van der Waals surface area contributed by atoms with Crippen LogP contribution in [0.2, 0.25) is 0 Å². The van der Waals surface area contributed by atoms with Crippen LogP contribution in [0.1, 0.15) is 32.1 Å². The smallest absolute Gasteiger partial charge is 0.288 e. The summed E-state index contributed by atoms with van der Waals surface area (Å²) < 4.78 is 25.2. The summed E-state index contributed by atoms with van der Waals surface area (Å²) in [6.45, 7) is 0.0284. The number of hydrogen-bond donors (Lipinski definition) is 1. The summed E-state index contributed by atoms with van der Waals surface area (Å²) in [6, 6.07) is 6.31. The molecule has 5 nitrogen and oxygen atoms in total. The van der Waals surface area contributed by atoms with E-state index in [9.17, 15) is 23.2 Å². The van der Waals surface area contributed by atoms with Crippen molar-refractivity contribution >= 4 is 35.2 Å². The van der Waals surface area contributed by atoms with Crippen molar-refractivity contribution < 1.29 is 23.2 Å². The lowest BCUT2D eigenvalue weighted by molar-refractivity contribution is -0.140. The number of imide groups is 1. The van der Waals surface area contributed by atoms with Crippen molar-refractivity contribution in [3.8, 4) is 0 Å². The fourth-order valence-electron chi connectivity index (χ4n) is 3.65. The Balaban J connectivity index is 1.58. The van der Waals surface area contributed by atoms with Gasteiger partial charge in [-0.25, -0.2) is 0 Å². The zero-order valence-electron chi connectivity index (χ0n) is 14.1. The molecule has 1 heterocycles. The first kappa shape index (κ1) is 18.8. The van der Waals surface area contributed by atoms with E-state index in [0.29, 0.717) is 17.4 Å². The van der Waals surface area contributed by atoms with E-state index in [0.717, 1.165) is 25.7 Å². The number of para-hydroxylation sites is 1. The van der Waals surface area contributed by atoms with Crippen molar-refractivity contribution in [2.24, 2.45) is 11.8 Å². The fraction of sp³-hybridized carbons (Fsp3) is 0.500. The number of carbonyl (C=O) groups excluding carboxylic acids is 3. The van der Waals surface area contributed by atoms with Gasteiger partial charge in [0.1, 0.15) is 0 Å². The summed E-state index contributed by atoms with van der Waals surface area (Å²) in [4.78, 5) is 38.4. The number of anilines is 1. The molecule has 1 saturated heterocycles. The lowest BCUT2D eigenvalue weighted by Gasteiger charge is -2.19. The van der Waals surface area contributed by atoms with Gasteiger partial charge in [0.05, 0.1) is 17.5 Å². The highest BCUT2D eigenvalue weighted by molar-refractivity contribution is 7.99. The number of rotatable bonds is 6. The Hall–Kier alpha value is -1.96. The molecule has 1 aromatic carbocycles. The number of likely N-dealkylation sites (tertiary alicyclic amines) is 1. The van der Waals surface area contributed by atoms with Crippen LogP contribution in [0.15, 0.2) is 29.2 Å². The van der Waals surface area contributed by atoms with E-state index in [1.807, 2.05) is 0 Å². The van der Waals surface area contributed by atoms with Crippen molar-refractivity contribution in [2.45, 2.75) is 42.8 Å². The number of nitrogens with zero attached hydrogens (tertiary/aromatic N) is 1. The number of nitrogens with one attached hydrogen (secondary N) is 1. The lowest BCUT2D eigenvalue weighted by atomic mass is 9.81. The average Bonchev–Trinajstić information content (AvgIpc) is 2.86. The third-order valence-electron chi connectivity index (χ3n) is 4.87. The number of halogens is 2. The van der Waals surface area contributed by atoms with Crippen LogP contribution >= 0.6 is 11.8 Å². The maximum absolute atomic E-state index is 12.6. The van der Waals surface area contributed by atoms with Crippen LogP contribution < -0.4 is 5.32 Å². The van der Waals surface area contributed by atoms with Crippen LogP contribution in [0.25, 0.3) is 0 Å². The summed E-state index contributed by atoms with van der Waals surface area (Å²) >= 11 is 0.358. The van der Waals surface area contributed by atoms with Crippen molar-refractivity contribution in [1.82, 2.24) is 4.90 Å². The quantitative estimate of drug-likeness (QED) is 0.604. The van der Waals surface area contributed by atoms with Gasteiger partial charge in [-0.05, 0) is 25.0 Å². The summed E-state index contributed by atoms with van der Waals surface area (Å²) in [7, 11) is 0. The Morgan fingerprint density at radius 1 is 1.15 bits per heavy atom. The second-order valence-electron chi connectivity index (χ2n) is 6.50. The maximum atomic E-state index is 12.6. The molecule has 0 aromatic heterocycles. The van der Waals surface area contributed by atoms with Gasteiger partial charge in [-0.15, -0.1) is 0 Å². The minimum atomic E-state index is -2.59. The molecule has 1 aliphatic heterocycles. The summed E-state index contributed by atoms with van der Waals surface area (Å²) in [5.74, 6) is -3.83. The maximum Gasteiger partial charge on any atom is 0.288 e. The molecule has 2 unspecified atom stereocenters. The Labute approximate surface area is 154 Å². The third kappa shape index (κ3) is 4.06. The number of fused-ring (bicyclic) bond motifs is 1. The highest BCUT2D eigenvalue weighted by Crippen LogP contribution is 2.38. The Kier molecular flexibility index (Phi) is 5.90. The summed E-state index contributed by atoms with van der Waals surface area (Å²) in [6.07, 6.45) is 3.32. The molecule has 26 heavy (non-hydrogen) atoms. The van der Waals surface area contributed by atoms with Gasteiger partial charge in [-0.3, -0.25) is 19.3 Å². The van der Waals surface area contributed by atoms with E-state index in [2.05, 4.69) is 5.32 Å². The molecule has 0 spiro atoms. The first-order chi connectivity index (χ1) is 12.5. The van der Waals surface area contributed by atoms with Gasteiger partial charge in [0.2, 0.25) is 17.7 Å². The number of amides is 3. The zero-order chi connectivity index (χ0) is 18.7. The van der Waals surface area contributed by atoms with Crippen molar-refractivity contribution in [3.63, 3.8) is 0 Å². The Morgan fingerprint density at radius 3 is 2.38 bits per heavy atom. The van der Waals surface area contributed by atoms with E-state index in [4.69, 9.17) is 0 Å². The van der Waals surface area contributed by atoms with Gasteiger partial charge < -0.3 is 5.32 Å². The molecule has 2 fully saturated rings. The van der Waals surface area contributed by atoms with Gasteiger partial charge in [-0.2, -0.15) is 8.78 Å². The summed E-state index contributed by atoms with van der Waals surface area (Å²) in [5.41, 5.74) is 0.301. The van der Waals surface area contributed by atoms with Crippen LogP contribution in [0, 0.1) is 11.8 Å². The van der Waals surface area contributed by atoms with Crippen molar-refractivity contribution in [1.29, 1.82) is 0 Å². The monoisotopic (exact) mass is 382 g/mol. The molecule has 1 N–H and O–H groups in total. The van der Waals surface area contributed by atoms with Crippen molar-refractivity contribution in [2.75, 3.05) is 11.9 Å². The van der Waals surface area contributed by atoms with Crippen LogP contribution in [0.5, 0.6) is 0 Å². The molecule has 2 aliphatic rings. The minimum absolute atomic E-state index is 0.0284. The molecule has 0 bridgehead atoms. The minimum Gasteiger partial charge on any atom is -0.325 e. The van der Waals surface area contributed by atoms with Gasteiger partial charge in [0.25, 0.3) is 5.76 Å². The largest absolute Gasteiger partial charge is 0.325 e. The zero-order valence-corrected chi connectivity index (χ0v) is 14.9.